The molecule has 23 heavy (non-hydrogen) atoms. The lowest BCUT2D eigenvalue weighted by atomic mass is 10.1. The van der Waals surface area contributed by atoms with Gasteiger partial charge in [0.2, 0.25) is 0 Å². The van der Waals surface area contributed by atoms with Crippen LogP contribution in [0.1, 0.15) is 22.3 Å². The van der Waals surface area contributed by atoms with E-state index in [0.717, 1.165) is 5.56 Å². The molecule has 120 valence electrons. The summed E-state index contributed by atoms with van der Waals surface area (Å²) in [4.78, 5) is 16.3. The van der Waals surface area contributed by atoms with E-state index in [-0.39, 0.29) is 18.0 Å². The van der Waals surface area contributed by atoms with E-state index in [2.05, 4.69) is 4.99 Å². The largest absolute Gasteiger partial charge is 0.493 e. The first kappa shape index (κ1) is 16.7. The normalized spacial score (nSPS) is 10.7. The number of Topliss-reactive ketones (excluding diaryl/α,β-unsaturated/α-hetero) is 1. The first-order valence-electron chi connectivity index (χ1n) is 7.12. The first-order chi connectivity index (χ1) is 11.1. The molecule has 0 atom stereocenters. The Labute approximate surface area is 134 Å². The maximum atomic E-state index is 12.8. The van der Waals surface area contributed by atoms with E-state index >= 15 is 0 Å². The zero-order valence-corrected chi connectivity index (χ0v) is 13.1. The molecule has 0 N–H and O–H groups in total. The standard InChI is InChI=1S/C18H18FNO3/c1-22-17-8-5-14(11-18(17)23-2)16(21)9-10-20-12-13-3-6-15(19)7-4-13/h3-8,10-11H,9,12H2,1-2H3. The molecule has 2 aromatic rings. The highest BCUT2D eigenvalue weighted by Gasteiger charge is 2.09. The Morgan fingerprint density at radius 3 is 2.43 bits per heavy atom. The molecule has 0 aliphatic rings. The average Bonchev–Trinajstić information content (AvgIpc) is 2.59. The summed E-state index contributed by atoms with van der Waals surface area (Å²) in [5.41, 5.74) is 1.43. The van der Waals surface area contributed by atoms with E-state index in [1.165, 1.54) is 19.2 Å². The molecular weight excluding hydrogens is 297 g/mol. The number of carbonyl (C=O) groups is 1. The van der Waals surface area contributed by atoms with E-state index in [4.69, 9.17) is 9.47 Å². The lowest BCUT2D eigenvalue weighted by molar-refractivity contribution is 0.100. The molecule has 5 heteroatoms. The summed E-state index contributed by atoms with van der Waals surface area (Å²) >= 11 is 0. The smallest absolute Gasteiger partial charge is 0.168 e. The van der Waals surface area contributed by atoms with Crippen LogP contribution in [0.4, 0.5) is 4.39 Å². The van der Waals surface area contributed by atoms with Gasteiger partial charge in [-0.3, -0.25) is 9.79 Å². The molecule has 0 spiro atoms. The topological polar surface area (TPSA) is 47.9 Å². The number of benzene rings is 2. The summed E-state index contributed by atoms with van der Waals surface area (Å²) < 4.78 is 23.1. The van der Waals surface area contributed by atoms with Gasteiger partial charge >= 0.3 is 0 Å². The van der Waals surface area contributed by atoms with Gasteiger partial charge in [-0.2, -0.15) is 0 Å². The van der Waals surface area contributed by atoms with Crippen LogP contribution in [0.5, 0.6) is 11.5 Å². The molecule has 0 fully saturated rings. The molecule has 4 nitrogen and oxygen atoms in total. The molecular formula is C18H18FNO3. The van der Waals surface area contributed by atoms with Crippen LogP contribution in [0.15, 0.2) is 47.5 Å². The van der Waals surface area contributed by atoms with Gasteiger partial charge in [0.15, 0.2) is 17.3 Å². The van der Waals surface area contributed by atoms with Gasteiger partial charge in [0.1, 0.15) is 5.82 Å². The van der Waals surface area contributed by atoms with Gasteiger partial charge in [-0.25, -0.2) is 4.39 Å². The van der Waals surface area contributed by atoms with E-state index in [1.807, 2.05) is 0 Å². The van der Waals surface area contributed by atoms with Gasteiger partial charge in [0, 0.05) is 18.2 Å². The molecule has 0 aliphatic carbocycles. The maximum Gasteiger partial charge on any atom is 0.168 e. The van der Waals surface area contributed by atoms with Crippen molar-refractivity contribution in [1.82, 2.24) is 0 Å². The third-order valence-electron chi connectivity index (χ3n) is 3.30. The molecule has 2 rings (SSSR count). The molecule has 0 radical (unpaired) electrons. The van der Waals surface area contributed by atoms with Crippen molar-refractivity contribution in [3.05, 3.63) is 59.4 Å². The molecule has 0 aromatic heterocycles. The second kappa shape index (κ2) is 8.08. The molecule has 0 saturated carbocycles. The Morgan fingerprint density at radius 1 is 1.09 bits per heavy atom. The lowest BCUT2D eigenvalue weighted by Crippen LogP contribution is -2.01. The van der Waals surface area contributed by atoms with Crippen LogP contribution in [0, 0.1) is 5.82 Å². The monoisotopic (exact) mass is 315 g/mol. The van der Waals surface area contributed by atoms with Crippen molar-refractivity contribution in [1.29, 1.82) is 0 Å². The quantitative estimate of drug-likeness (QED) is 0.578. The summed E-state index contributed by atoms with van der Waals surface area (Å²) in [5.74, 6) is 0.755. The fraction of sp³-hybridized carbons (Fsp3) is 0.222. The molecule has 0 bridgehead atoms. The Hall–Kier alpha value is -2.69. The van der Waals surface area contributed by atoms with Gasteiger partial charge in [-0.15, -0.1) is 0 Å². The molecule has 0 amide bonds. The summed E-state index contributed by atoms with van der Waals surface area (Å²) in [6.45, 7) is 0.416. The number of ketones is 1. The van der Waals surface area contributed by atoms with Crippen LogP contribution < -0.4 is 9.47 Å². The number of nitrogens with zero attached hydrogens (tertiary/aromatic N) is 1. The minimum Gasteiger partial charge on any atom is -0.493 e. The van der Waals surface area contributed by atoms with E-state index in [1.54, 1.807) is 43.7 Å². The van der Waals surface area contributed by atoms with Crippen LogP contribution in [-0.4, -0.2) is 26.2 Å². The predicted molar refractivity (Wildman–Crippen MR) is 87.1 cm³/mol. The molecule has 0 saturated heterocycles. The number of rotatable bonds is 7. The van der Waals surface area contributed by atoms with Crippen LogP contribution in [0.2, 0.25) is 0 Å². The number of carbonyl (C=O) groups excluding carboxylic acids is 1. The zero-order valence-electron chi connectivity index (χ0n) is 13.1. The third kappa shape index (κ3) is 4.64. The second-order valence-electron chi connectivity index (χ2n) is 4.85. The summed E-state index contributed by atoms with van der Waals surface area (Å²) in [7, 11) is 3.07. The van der Waals surface area contributed by atoms with Gasteiger partial charge in [0.25, 0.3) is 0 Å². The van der Waals surface area contributed by atoms with E-state index in [0.29, 0.717) is 23.6 Å². The van der Waals surface area contributed by atoms with Crippen molar-refractivity contribution in [2.24, 2.45) is 4.99 Å². The van der Waals surface area contributed by atoms with Crippen LogP contribution >= 0.6 is 0 Å². The van der Waals surface area contributed by atoms with Crippen molar-refractivity contribution >= 4 is 12.0 Å². The Kier molecular flexibility index (Phi) is 5.86. The first-order valence-corrected chi connectivity index (χ1v) is 7.12. The Balaban J connectivity index is 1.94. The molecule has 0 aliphatic heterocycles. The number of halogens is 1. The zero-order chi connectivity index (χ0) is 16.7. The Morgan fingerprint density at radius 2 is 1.78 bits per heavy atom. The van der Waals surface area contributed by atoms with E-state index in [9.17, 15) is 9.18 Å². The number of hydrogen-bond acceptors (Lipinski definition) is 4. The summed E-state index contributed by atoms with van der Waals surface area (Å²) in [5, 5.41) is 0. The number of hydrogen-bond donors (Lipinski definition) is 0. The van der Waals surface area contributed by atoms with Gasteiger partial charge < -0.3 is 9.47 Å². The lowest BCUT2D eigenvalue weighted by Gasteiger charge is -2.08. The van der Waals surface area contributed by atoms with Gasteiger partial charge in [-0.05, 0) is 35.9 Å². The van der Waals surface area contributed by atoms with Crippen LogP contribution in [-0.2, 0) is 6.54 Å². The average molecular weight is 315 g/mol. The van der Waals surface area contributed by atoms with E-state index < -0.39 is 0 Å². The van der Waals surface area contributed by atoms with Crippen molar-refractivity contribution in [3.8, 4) is 11.5 Å². The fourth-order valence-corrected chi connectivity index (χ4v) is 2.03. The highest BCUT2D eigenvalue weighted by molar-refractivity contribution is 6.03. The number of ether oxygens (including phenoxy) is 2. The number of aliphatic imine (C=N–C) groups is 1. The fourth-order valence-electron chi connectivity index (χ4n) is 2.03. The second-order valence-corrected chi connectivity index (χ2v) is 4.85. The highest BCUT2D eigenvalue weighted by atomic mass is 19.1. The molecule has 2 aromatic carbocycles. The number of methoxy groups -OCH3 is 2. The predicted octanol–water partition coefficient (Wildman–Crippen LogP) is 3.69. The van der Waals surface area contributed by atoms with Crippen molar-refractivity contribution in [2.75, 3.05) is 14.2 Å². The highest BCUT2D eigenvalue weighted by Crippen LogP contribution is 2.27. The SMILES string of the molecule is COc1ccc(C(=O)CC=NCc2ccc(F)cc2)cc1OC. The minimum absolute atomic E-state index is 0.0613. The minimum atomic E-state index is -0.277. The maximum absolute atomic E-state index is 12.8. The van der Waals surface area contributed by atoms with Crippen molar-refractivity contribution in [3.63, 3.8) is 0 Å². The molecule has 0 unspecified atom stereocenters. The third-order valence-corrected chi connectivity index (χ3v) is 3.30. The van der Waals surface area contributed by atoms with Crippen molar-refractivity contribution in [2.45, 2.75) is 13.0 Å². The summed E-state index contributed by atoms with van der Waals surface area (Å²) in [6, 6.07) is 11.2. The van der Waals surface area contributed by atoms with Crippen LogP contribution in [0.25, 0.3) is 0 Å². The van der Waals surface area contributed by atoms with Crippen molar-refractivity contribution < 1.29 is 18.7 Å². The summed E-state index contributed by atoms with van der Waals surface area (Å²) in [6.07, 6.45) is 1.76. The van der Waals surface area contributed by atoms with Gasteiger partial charge in [-0.1, -0.05) is 12.1 Å². The van der Waals surface area contributed by atoms with Crippen LogP contribution in [0.3, 0.4) is 0 Å². The van der Waals surface area contributed by atoms with Gasteiger partial charge in [0.05, 0.1) is 20.8 Å². The Bertz CT molecular complexity index is 696. The molecule has 0 heterocycles.